The molecule has 0 radical (unpaired) electrons. The average Bonchev–Trinajstić information content (AvgIpc) is 3.05. The number of halogens is 1. The molecule has 3 aromatic rings. The van der Waals surface area contributed by atoms with Gasteiger partial charge in [-0.15, -0.1) is 0 Å². The van der Waals surface area contributed by atoms with Crippen LogP contribution in [0.15, 0.2) is 29.0 Å². The first-order valence-corrected chi connectivity index (χ1v) is 9.29. The normalized spacial score (nSPS) is 15.3. The van der Waals surface area contributed by atoms with Gasteiger partial charge in [-0.3, -0.25) is 4.79 Å². The van der Waals surface area contributed by atoms with Crippen molar-refractivity contribution in [3.8, 4) is 0 Å². The number of fused-ring (bicyclic) bond motifs is 1. The summed E-state index contributed by atoms with van der Waals surface area (Å²) in [5, 5.41) is 8.52. The van der Waals surface area contributed by atoms with Gasteiger partial charge in [-0.1, -0.05) is 16.8 Å². The van der Waals surface area contributed by atoms with Crippen LogP contribution in [-0.2, 0) is 4.79 Å². The standard InChI is InChI=1S/C19H20ClN5O2/c1-11-9-14(20)3-4-15(11)23-18(26)13-5-7-25(8-6-13)17-16-12(2)24-27-19(16)22-10-21-17/h3-4,9-10,13H,5-8H2,1-2H3,(H,23,26). The number of nitrogens with zero attached hydrogens (tertiary/aromatic N) is 4. The third kappa shape index (κ3) is 3.47. The number of nitrogens with one attached hydrogen (secondary N) is 1. The van der Waals surface area contributed by atoms with Crippen LogP contribution in [0, 0.1) is 19.8 Å². The molecule has 1 amide bonds. The van der Waals surface area contributed by atoms with Crippen molar-refractivity contribution >= 4 is 40.1 Å². The summed E-state index contributed by atoms with van der Waals surface area (Å²) in [4.78, 5) is 23.4. The average molecular weight is 386 g/mol. The number of carbonyl (C=O) groups is 1. The highest BCUT2D eigenvalue weighted by molar-refractivity contribution is 6.30. The first kappa shape index (κ1) is 17.7. The summed E-state index contributed by atoms with van der Waals surface area (Å²) < 4.78 is 5.22. The van der Waals surface area contributed by atoms with Crippen molar-refractivity contribution in [2.75, 3.05) is 23.3 Å². The van der Waals surface area contributed by atoms with Crippen LogP contribution < -0.4 is 10.2 Å². The van der Waals surface area contributed by atoms with E-state index in [1.807, 2.05) is 26.0 Å². The molecule has 1 aromatic carbocycles. The minimum absolute atomic E-state index is 0.0303. The Morgan fingerprint density at radius 1 is 1.26 bits per heavy atom. The van der Waals surface area contributed by atoms with Gasteiger partial charge in [-0.05, 0) is 50.5 Å². The lowest BCUT2D eigenvalue weighted by atomic mass is 9.95. The fourth-order valence-electron chi connectivity index (χ4n) is 3.50. The Kier molecular flexibility index (Phi) is 4.70. The summed E-state index contributed by atoms with van der Waals surface area (Å²) in [6.45, 7) is 5.31. The van der Waals surface area contributed by atoms with Crippen molar-refractivity contribution in [1.29, 1.82) is 0 Å². The van der Waals surface area contributed by atoms with E-state index in [1.54, 1.807) is 6.07 Å². The number of aryl methyl sites for hydroxylation is 2. The van der Waals surface area contributed by atoms with E-state index >= 15 is 0 Å². The molecule has 2 aromatic heterocycles. The van der Waals surface area contributed by atoms with Crippen molar-refractivity contribution in [3.05, 3.63) is 40.8 Å². The molecule has 0 bridgehead atoms. The second kappa shape index (κ2) is 7.15. The Morgan fingerprint density at radius 3 is 2.78 bits per heavy atom. The molecule has 0 spiro atoms. The van der Waals surface area contributed by atoms with E-state index in [2.05, 4.69) is 25.3 Å². The highest BCUT2D eigenvalue weighted by Crippen LogP contribution is 2.30. The molecule has 1 aliphatic heterocycles. The number of hydrogen-bond donors (Lipinski definition) is 1. The van der Waals surface area contributed by atoms with Crippen molar-refractivity contribution < 1.29 is 9.32 Å². The zero-order valence-corrected chi connectivity index (χ0v) is 16.0. The molecule has 140 valence electrons. The fourth-order valence-corrected chi connectivity index (χ4v) is 3.73. The molecular weight excluding hydrogens is 366 g/mol. The highest BCUT2D eigenvalue weighted by Gasteiger charge is 2.27. The lowest BCUT2D eigenvalue weighted by Gasteiger charge is -2.32. The van der Waals surface area contributed by atoms with Crippen LogP contribution in [0.1, 0.15) is 24.1 Å². The molecule has 0 unspecified atom stereocenters. The SMILES string of the molecule is Cc1cc(Cl)ccc1NC(=O)C1CCN(c2ncnc3onc(C)c23)CC1. The van der Waals surface area contributed by atoms with Gasteiger partial charge in [0.15, 0.2) is 0 Å². The number of rotatable bonds is 3. The fraction of sp³-hybridized carbons (Fsp3) is 0.368. The van der Waals surface area contributed by atoms with Gasteiger partial charge in [0.2, 0.25) is 5.91 Å². The maximum absolute atomic E-state index is 12.7. The number of amides is 1. The number of anilines is 2. The highest BCUT2D eigenvalue weighted by atomic mass is 35.5. The van der Waals surface area contributed by atoms with E-state index in [4.69, 9.17) is 16.1 Å². The molecule has 0 saturated carbocycles. The Morgan fingerprint density at radius 2 is 2.04 bits per heavy atom. The van der Waals surface area contributed by atoms with E-state index in [0.717, 1.165) is 54.1 Å². The van der Waals surface area contributed by atoms with Crippen LogP contribution in [0.3, 0.4) is 0 Å². The second-order valence-electron chi connectivity index (χ2n) is 6.86. The van der Waals surface area contributed by atoms with Crippen molar-refractivity contribution in [2.45, 2.75) is 26.7 Å². The molecule has 0 aliphatic carbocycles. The number of benzene rings is 1. The van der Waals surface area contributed by atoms with Crippen LogP contribution in [0.2, 0.25) is 5.02 Å². The van der Waals surface area contributed by atoms with Gasteiger partial charge in [0.05, 0.1) is 5.69 Å². The largest absolute Gasteiger partial charge is 0.356 e. The van der Waals surface area contributed by atoms with Gasteiger partial charge in [0, 0.05) is 29.7 Å². The van der Waals surface area contributed by atoms with E-state index < -0.39 is 0 Å². The van der Waals surface area contributed by atoms with Crippen LogP contribution in [0.5, 0.6) is 0 Å². The number of piperidine rings is 1. The van der Waals surface area contributed by atoms with Crippen LogP contribution in [0.4, 0.5) is 11.5 Å². The molecular formula is C19H20ClN5O2. The summed E-state index contributed by atoms with van der Waals surface area (Å²) in [6.07, 6.45) is 3.01. The van der Waals surface area contributed by atoms with Crippen LogP contribution in [-0.4, -0.2) is 34.1 Å². The molecule has 1 aliphatic rings. The molecule has 8 heteroatoms. The van der Waals surface area contributed by atoms with E-state index in [1.165, 1.54) is 6.33 Å². The monoisotopic (exact) mass is 385 g/mol. The van der Waals surface area contributed by atoms with E-state index in [0.29, 0.717) is 10.7 Å². The Hall–Kier alpha value is -2.67. The third-order valence-corrected chi connectivity index (χ3v) is 5.27. The summed E-state index contributed by atoms with van der Waals surface area (Å²) in [6, 6.07) is 5.48. The molecule has 1 saturated heterocycles. The number of hydrogen-bond acceptors (Lipinski definition) is 6. The zero-order chi connectivity index (χ0) is 19.0. The summed E-state index contributed by atoms with van der Waals surface area (Å²) in [7, 11) is 0. The lowest BCUT2D eigenvalue weighted by molar-refractivity contribution is -0.120. The van der Waals surface area contributed by atoms with Gasteiger partial charge in [-0.25, -0.2) is 4.98 Å². The number of carbonyl (C=O) groups excluding carboxylic acids is 1. The van der Waals surface area contributed by atoms with Crippen molar-refractivity contribution in [1.82, 2.24) is 15.1 Å². The maximum Gasteiger partial charge on any atom is 0.263 e. The minimum Gasteiger partial charge on any atom is -0.356 e. The van der Waals surface area contributed by atoms with Gasteiger partial charge >= 0.3 is 0 Å². The summed E-state index contributed by atoms with van der Waals surface area (Å²) in [5.74, 6) is 0.845. The maximum atomic E-state index is 12.7. The summed E-state index contributed by atoms with van der Waals surface area (Å²) >= 11 is 5.98. The van der Waals surface area contributed by atoms with Crippen LogP contribution in [0.25, 0.3) is 11.1 Å². The Labute approximate surface area is 161 Å². The van der Waals surface area contributed by atoms with Crippen molar-refractivity contribution in [3.63, 3.8) is 0 Å². The molecule has 0 atom stereocenters. The van der Waals surface area contributed by atoms with Gasteiger partial charge < -0.3 is 14.7 Å². The molecule has 3 heterocycles. The quantitative estimate of drug-likeness (QED) is 0.739. The molecule has 1 N–H and O–H groups in total. The second-order valence-corrected chi connectivity index (χ2v) is 7.29. The molecule has 4 rings (SSSR count). The van der Waals surface area contributed by atoms with Crippen LogP contribution >= 0.6 is 11.6 Å². The lowest BCUT2D eigenvalue weighted by Crippen LogP contribution is -2.38. The predicted molar refractivity (Wildman–Crippen MR) is 104 cm³/mol. The first-order valence-electron chi connectivity index (χ1n) is 8.92. The first-order chi connectivity index (χ1) is 13.0. The topological polar surface area (TPSA) is 84.2 Å². The molecule has 27 heavy (non-hydrogen) atoms. The van der Waals surface area contributed by atoms with Gasteiger partial charge in [0.25, 0.3) is 5.71 Å². The Balaban J connectivity index is 1.44. The molecule has 7 nitrogen and oxygen atoms in total. The van der Waals surface area contributed by atoms with E-state index in [-0.39, 0.29) is 11.8 Å². The third-order valence-electron chi connectivity index (χ3n) is 5.03. The van der Waals surface area contributed by atoms with Gasteiger partial charge in [0.1, 0.15) is 17.5 Å². The predicted octanol–water partition coefficient (Wildman–Crippen LogP) is 3.74. The van der Waals surface area contributed by atoms with Crippen molar-refractivity contribution in [2.24, 2.45) is 5.92 Å². The summed E-state index contributed by atoms with van der Waals surface area (Å²) in [5.41, 5.74) is 3.04. The smallest absolute Gasteiger partial charge is 0.263 e. The zero-order valence-electron chi connectivity index (χ0n) is 15.2. The van der Waals surface area contributed by atoms with E-state index in [9.17, 15) is 4.79 Å². The Bertz CT molecular complexity index is 995. The minimum atomic E-state index is -0.0303. The molecule has 1 fully saturated rings. The van der Waals surface area contributed by atoms with Gasteiger partial charge in [-0.2, -0.15) is 4.98 Å². The number of aromatic nitrogens is 3.